The van der Waals surface area contributed by atoms with Gasteiger partial charge in [-0.3, -0.25) is 9.59 Å². The zero-order valence-electron chi connectivity index (χ0n) is 24.3. The molecule has 0 saturated carbocycles. The maximum absolute atomic E-state index is 12.4. The van der Waals surface area contributed by atoms with Crippen molar-refractivity contribution in [2.24, 2.45) is 5.92 Å². The molecule has 0 aliphatic rings. The van der Waals surface area contributed by atoms with Crippen LogP contribution in [-0.2, 0) is 19.1 Å². The van der Waals surface area contributed by atoms with E-state index in [9.17, 15) is 9.59 Å². The second-order valence-corrected chi connectivity index (χ2v) is 10.6. The summed E-state index contributed by atoms with van der Waals surface area (Å²) in [7, 11) is 0. The van der Waals surface area contributed by atoms with Crippen LogP contribution in [0.1, 0.15) is 168 Å². The number of carbonyl (C=O) groups is 2. The van der Waals surface area contributed by atoms with Gasteiger partial charge in [0, 0.05) is 0 Å². The van der Waals surface area contributed by atoms with Gasteiger partial charge in [-0.05, 0) is 19.3 Å². The molecule has 0 aromatic rings. The molecule has 0 fully saturated rings. The molecule has 0 heterocycles. The minimum absolute atomic E-state index is 0.397. The number of esters is 2. The molecular weight excluding hydrogens is 448 g/mol. The number of hydrogen-bond donors (Lipinski definition) is 0. The van der Waals surface area contributed by atoms with Gasteiger partial charge in [0.2, 0.25) is 0 Å². The topological polar surface area (TPSA) is 52.6 Å². The average Bonchev–Trinajstić information content (AvgIpc) is 2.88. The molecule has 213 valence electrons. The number of carbonyl (C=O) groups excluding carboxylic acids is 2. The van der Waals surface area contributed by atoms with Gasteiger partial charge in [-0.1, -0.05) is 156 Å². The summed E-state index contributed by atoms with van der Waals surface area (Å²) in [5.41, 5.74) is 0. The highest BCUT2D eigenvalue weighted by molar-refractivity contribution is 5.94. The normalized spacial score (nSPS) is 11.2. The quantitative estimate of drug-likeness (QED) is 0.0598. The Balaban J connectivity index is 3.72. The van der Waals surface area contributed by atoms with Crippen molar-refractivity contribution in [3.63, 3.8) is 0 Å². The first-order chi connectivity index (χ1) is 17.7. The first-order valence-electron chi connectivity index (χ1n) is 15.8. The molecule has 0 rings (SSSR count). The van der Waals surface area contributed by atoms with Gasteiger partial charge in [0.15, 0.2) is 5.92 Å². The molecule has 0 amide bonds. The van der Waals surface area contributed by atoms with E-state index in [2.05, 4.69) is 20.8 Å². The zero-order valence-corrected chi connectivity index (χ0v) is 24.3. The van der Waals surface area contributed by atoms with E-state index in [0.717, 1.165) is 25.7 Å². The molecular formula is C32H61O4. The highest BCUT2D eigenvalue weighted by Gasteiger charge is 2.28. The van der Waals surface area contributed by atoms with Gasteiger partial charge < -0.3 is 9.47 Å². The summed E-state index contributed by atoms with van der Waals surface area (Å²) < 4.78 is 10.8. The molecule has 0 aliphatic carbocycles. The van der Waals surface area contributed by atoms with Crippen LogP contribution in [0.5, 0.6) is 0 Å². The van der Waals surface area contributed by atoms with E-state index in [1.165, 1.54) is 116 Å². The van der Waals surface area contributed by atoms with Gasteiger partial charge in [-0.25, -0.2) is 0 Å². The molecule has 0 saturated heterocycles. The third-order valence-electron chi connectivity index (χ3n) is 7.05. The molecule has 4 nitrogen and oxygen atoms in total. The third-order valence-corrected chi connectivity index (χ3v) is 7.05. The van der Waals surface area contributed by atoms with Crippen LogP contribution in [0.15, 0.2) is 0 Å². The average molecular weight is 510 g/mol. The van der Waals surface area contributed by atoms with Crippen molar-refractivity contribution in [1.29, 1.82) is 0 Å². The van der Waals surface area contributed by atoms with Gasteiger partial charge in [-0.2, -0.15) is 0 Å². The molecule has 0 aliphatic heterocycles. The Bertz CT molecular complexity index is 437. The zero-order chi connectivity index (χ0) is 26.5. The summed E-state index contributed by atoms with van der Waals surface area (Å²) in [5.74, 6) is -1.69. The van der Waals surface area contributed by atoms with Crippen molar-refractivity contribution in [2.45, 2.75) is 168 Å². The predicted octanol–water partition coefficient (Wildman–Crippen LogP) is 9.93. The molecule has 4 heteroatoms. The molecule has 0 atom stereocenters. The maximum atomic E-state index is 12.4. The van der Waals surface area contributed by atoms with Crippen molar-refractivity contribution < 1.29 is 19.1 Å². The third kappa shape index (κ3) is 23.3. The second-order valence-electron chi connectivity index (χ2n) is 10.6. The summed E-state index contributed by atoms with van der Waals surface area (Å²) in [5, 5.41) is 0. The first-order valence-corrected chi connectivity index (χ1v) is 15.8. The lowest BCUT2D eigenvalue weighted by Gasteiger charge is -2.15. The monoisotopic (exact) mass is 509 g/mol. The SMILES string of the molecule is [CH2]CCC(C(=O)OCCCCCCCCCCCCC)C(=O)OCCCCCCCCCCCCC. The fourth-order valence-corrected chi connectivity index (χ4v) is 4.62. The largest absolute Gasteiger partial charge is 0.465 e. The summed E-state index contributed by atoms with van der Waals surface area (Å²) in [4.78, 5) is 24.8. The van der Waals surface area contributed by atoms with Gasteiger partial charge in [0.1, 0.15) is 0 Å². The Morgan fingerprint density at radius 1 is 0.500 bits per heavy atom. The van der Waals surface area contributed by atoms with Crippen molar-refractivity contribution in [1.82, 2.24) is 0 Å². The Morgan fingerprint density at radius 3 is 1.06 bits per heavy atom. The molecule has 0 aromatic carbocycles. The van der Waals surface area contributed by atoms with Gasteiger partial charge >= 0.3 is 11.9 Å². The molecule has 0 spiro atoms. The molecule has 0 unspecified atom stereocenters. The van der Waals surface area contributed by atoms with Crippen LogP contribution in [0.2, 0.25) is 0 Å². The van der Waals surface area contributed by atoms with Gasteiger partial charge in [0.05, 0.1) is 13.2 Å². The maximum Gasteiger partial charge on any atom is 0.320 e. The smallest absolute Gasteiger partial charge is 0.320 e. The highest BCUT2D eigenvalue weighted by atomic mass is 16.6. The van der Waals surface area contributed by atoms with Crippen LogP contribution in [0.4, 0.5) is 0 Å². The van der Waals surface area contributed by atoms with E-state index in [-0.39, 0.29) is 0 Å². The van der Waals surface area contributed by atoms with E-state index < -0.39 is 17.9 Å². The molecule has 1 radical (unpaired) electrons. The number of unbranched alkanes of at least 4 members (excludes halogenated alkanes) is 20. The molecule has 0 bridgehead atoms. The summed E-state index contributed by atoms with van der Waals surface area (Å²) in [6.07, 6.45) is 28.6. The lowest BCUT2D eigenvalue weighted by atomic mass is 10.0. The second kappa shape index (κ2) is 28.5. The molecule has 36 heavy (non-hydrogen) atoms. The fraction of sp³-hybridized carbons (Fsp3) is 0.906. The van der Waals surface area contributed by atoms with E-state index in [0.29, 0.717) is 26.1 Å². The van der Waals surface area contributed by atoms with Crippen LogP contribution < -0.4 is 0 Å². The summed E-state index contributed by atoms with van der Waals surface area (Å²) in [6, 6.07) is 0. The van der Waals surface area contributed by atoms with Crippen LogP contribution in [0.3, 0.4) is 0 Å². The van der Waals surface area contributed by atoms with Gasteiger partial charge in [0.25, 0.3) is 0 Å². The van der Waals surface area contributed by atoms with E-state index in [1.54, 1.807) is 0 Å². The van der Waals surface area contributed by atoms with Crippen LogP contribution in [0.25, 0.3) is 0 Å². The molecule has 0 aromatic heterocycles. The Morgan fingerprint density at radius 2 is 0.778 bits per heavy atom. The Hall–Kier alpha value is -1.06. The lowest BCUT2D eigenvalue weighted by Crippen LogP contribution is -2.28. The van der Waals surface area contributed by atoms with Crippen LogP contribution in [-0.4, -0.2) is 25.2 Å². The fourth-order valence-electron chi connectivity index (χ4n) is 4.62. The lowest BCUT2D eigenvalue weighted by molar-refractivity contribution is -0.162. The number of hydrogen-bond acceptors (Lipinski definition) is 4. The van der Waals surface area contributed by atoms with Crippen molar-refractivity contribution in [2.75, 3.05) is 13.2 Å². The minimum atomic E-state index is -0.817. The Labute approximate surface area is 225 Å². The van der Waals surface area contributed by atoms with Crippen LogP contribution in [0, 0.1) is 12.8 Å². The predicted molar refractivity (Wildman–Crippen MR) is 153 cm³/mol. The van der Waals surface area contributed by atoms with Crippen molar-refractivity contribution in [3.05, 3.63) is 6.92 Å². The van der Waals surface area contributed by atoms with Crippen LogP contribution >= 0.6 is 0 Å². The highest BCUT2D eigenvalue weighted by Crippen LogP contribution is 2.15. The summed E-state index contributed by atoms with van der Waals surface area (Å²) >= 11 is 0. The van der Waals surface area contributed by atoms with Crippen molar-refractivity contribution in [3.8, 4) is 0 Å². The summed E-state index contributed by atoms with van der Waals surface area (Å²) in [6.45, 7) is 9.11. The Kier molecular flexibility index (Phi) is 27.7. The first kappa shape index (κ1) is 34.9. The number of ether oxygens (including phenoxy) is 2. The molecule has 0 N–H and O–H groups in total. The van der Waals surface area contributed by atoms with Crippen molar-refractivity contribution >= 4 is 11.9 Å². The van der Waals surface area contributed by atoms with E-state index >= 15 is 0 Å². The van der Waals surface area contributed by atoms with E-state index in [4.69, 9.17) is 9.47 Å². The minimum Gasteiger partial charge on any atom is -0.465 e. The number of rotatable bonds is 28. The van der Waals surface area contributed by atoms with Gasteiger partial charge in [-0.15, -0.1) is 0 Å². The van der Waals surface area contributed by atoms with E-state index in [1.807, 2.05) is 0 Å². The standard InChI is InChI=1S/C32H61O4/c1-4-7-9-11-13-15-17-19-21-23-25-28-35-31(33)30(27-6-3)32(34)36-29-26-24-22-20-18-16-14-12-10-8-5-2/h30H,3-29H2,1-2H3.